The number of carbonyl (C=O) groups excluding carboxylic acids is 1. The van der Waals surface area contributed by atoms with Crippen LogP contribution in [0.25, 0.3) is 0 Å². The predicted octanol–water partition coefficient (Wildman–Crippen LogP) is 3.20. The molecule has 0 aliphatic heterocycles. The Balaban J connectivity index is 0.00000324. The molecule has 1 aromatic rings. The number of benzene rings is 1. The molecule has 0 saturated carbocycles. The predicted molar refractivity (Wildman–Crippen MR) is 85.3 cm³/mol. The topological polar surface area (TPSA) is 46.3 Å². The quantitative estimate of drug-likeness (QED) is 0.887. The maximum atomic E-state index is 12.1. The van der Waals surface area contributed by atoms with Crippen LogP contribution in [0.5, 0.6) is 0 Å². The van der Waals surface area contributed by atoms with E-state index in [1.807, 2.05) is 24.3 Å². The third kappa shape index (κ3) is 5.93. The number of halogens is 2. The van der Waals surface area contributed by atoms with Gasteiger partial charge in [-0.3, -0.25) is 4.79 Å². The van der Waals surface area contributed by atoms with E-state index in [1.165, 1.54) is 0 Å². The van der Waals surface area contributed by atoms with E-state index in [0.717, 1.165) is 16.5 Å². The fourth-order valence-electron chi connectivity index (χ4n) is 1.85. The molecule has 0 aliphatic carbocycles. The zero-order valence-electron chi connectivity index (χ0n) is 11.6. The Morgan fingerprint density at radius 1 is 1.37 bits per heavy atom. The molecule has 1 amide bonds. The van der Waals surface area contributed by atoms with E-state index in [-0.39, 0.29) is 18.3 Å². The van der Waals surface area contributed by atoms with E-state index < -0.39 is 6.04 Å². The normalized spacial score (nSPS) is 11.9. The van der Waals surface area contributed by atoms with Crippen LogP contribution >= 0.6 is 28.3 Å². The average molecular weight is 350 g/mol. The highest BCUT2D eigenvalue weighted by Crippen LogP contribution is 2.17. The lowest BCUT2D eigenvalue weighted by Gasteiger charge is -2.22. The molecule has 2 N–H and O–H groups in total. The lowest BCUT2D eigenvalue weighted by molar-refractivity contribution is -0.132. The van der Waals surface area contributed by atoms with Gasteiger partial charge in [-0.1, -0.05) is 48.0 Å². The van der Waals surface area contributed by atoms with Crippen LogP contribution in [-0.4, -0.2) is 23.9 Å². The van der Waals surface area contributed by atoms with E-state index >= 15 is 0 Å². The number of rotatable bonds is 5. The third-order valence-corrected chi connectivity index (χ3v) is 3.56. The van der Waals surface area contributed by atoms with Crippen molar-refractivity contribution in [2.24, 2.45) is 11.7 Å². The molecule has 0 bridgehead atoms. The molecule has 0 fully saturated rings. The van der Waals surface area contributed by atoms with Crippen LogP contribution in [0.3, 0.4) is 0 Å². The highest BCUT2D eigenvalue weighted by atomic mass is 79.9. The number of carbonyl (C=O) groups is 1. The van der Waals surface area contributed by atoms with Gasteiger partial charge >= 0.3 is 0 Å². The number of hydrogen-bond acceptors (Lipinski definition) is 2. The number of nitrogens with two attached hydrogens (primary N) is 1. The van der Waals surface area contributed by atoms with E-state index in [1.54, 1.807) is 11.9 Å². The van der Waals surface area contributed by atoms with Crippen molar-refractivity contribution in [2.45, 2.75) is 32.9 Å². The minimum atomic E-state index is -0.405. The summed E-state index contributed by atoms with van der Waals surface area (Å²) >= 11 is 3.48. The second kappa shape index (κ2) is 8.56. The van der Waals surface area contributed by atoms with Gasteiger partial charge in [0.1, 0.15) is 0 Å². The van der Waals surface area contributed by atoms with Crippen LogP contribution in [0.4, 0.5) is 0 Å². The molecule has 108 valence electrons. The molecule has 1 rings (SSSR count). The largest absolute Gasteiger partial charge is 0.340 e. The minimum Gasteiger partial charge on any atom is -0.340 e. The average Bonchev–Trinajstić information content (AvgIpc) is 2.30. The summed E-state index contributed by atoms with van der Waals surface area (Å²) < 4.78 is 1.02. The van der Waals surface area contributed by atoms with E-state index in [4.69, 9.17) is 5.73 Å². The third-order valence-electron chi connectivity index (χ3n) is 2.78. The first-order valence-electron chi connectivity index (χ1n) is 6.15. The molecule has 0 saturated heterocycles. The molecule has 19 heavy (non-hydrogen) atoms. The summed E-state index contributed by atoms with van der Waals surface area (Å²) in [6.07, 6.45) is 0.721. The molecular formula is C14H22BrClN2O. The number of likely N-dealkylation sites (N-methyl/N-ethyl adjacent to an activating group) is 1. The van der Waals surface area contributed by atoms with Crippen molar-refractivity contribution < 1.29 is 4.79 Å². The van der Waals surface area contributed by atoms with Crippen LogP contribution in [-0.2, 0) is 11.3 Å². The lowest BCUT2D eigenvalue weighted by Crippen LogP contribution is -2.42. The van der Waals surface area contributed by atoms with Crippen LogP contribution in [0.2, 0.25) is 0 Å². The van der Waals surface area contributed by atoms with Crippen molar-refractivity contribution in [1.82, 2.24) is 4.90 Å². The number of amides is 1. The SMILES string of the molecule is CC(C)C[C@H](N)C(=O)N(C)Cc1ccccc1Br.Cl. The second-order valence-electron chi connectivity index (χ2n) is 5.02. The molecular weight excluding hydrogens is 328 g/mol. The lowest BCUT2D eigenvalue weighted by atomic mass is 10.0. The fraction of sp³-hybridized carbons (Fsp3) is 0.500. The maximum absolute atomic E-state index is 12.1. The van der Waals surface area contributed by atoms with Crippen molar-refractivity contribution in [3.63, 3.8) is 0 Å². The molecule has 0 unspecified atom stereocenters. The Morgan fingerprint density at radius 2 is 1.95 bits per heavy atom. The Kier molecular flexibility index (Phi) is 8.30. The van der Waals surface area contributed by atoms with Gasteiger partial charge in [0.05, 0.1) is 6.04 Å². The standard InChI is InChI=1S/C14H21BrN2O.ClH/c1-10(2)8-13(16)14(18)17(3)9-11-6-4-5-7-12(11)15;/h4-7,10,13H,8-9,16H2,1-3H3;1H/t13-;/m0./s1. The monoisotopic (exact) mass is 348 g/mol. The Morgan fingerprint density at radius 3 is 2.47 bits per heavy atom. The summed E-state index contributed by atoms with van der Waals surface area (Å²) in [5, 5.41) is 0. The summed E-state index contributed by atoms with van der Waals surface area (Å²) in [5.74, 6) is 0.431. The van der Waals surface area contributed by atoms with E-state index in [0.29, 0.717) is 12.5 Å². The van der Waals surface area contributed by atoms with Crippen molar-refractivity contribution in [3.05, 3.63) is 34.3 Å². The zero-order valence-corrected chi connectivity index (χ0v) is 14.0. The zero-order chi connectivity index (χ0) is 13.7. The summed E-state index contributed by atoms with van der Waals surface area (Å²) in [7, 11) is 1.79. The van der Waals surface area contributed by atoms with Crippen molar-refractivity contribution in [2.75, 3.05) is 7.05 Å². The molecule has 5 heteroatoms. The maximum Gasteiger partial charge on any atom is 0.239 e. The van der Waals surface area contributed by atoms with E-state index in [9.17, 15) is 4.79 Å². The highest BCUT2D eigenvalue weighted by Gasteiger charge is 2.19. The van der Waals surface area contributed by atoms with Crippen molar-refractivity contribution >= 4 is 34.2 Å². The van der Waals surface area contributed by atoms with Crippen LogP contribution < -0.4 is 5.73 Å². The molecule has 1 aromatic carbocycles. The van der Waals surface area contributed by atoms with Gasteiger partial charge in [-0.05, 0) is 24.0 Å². The fourth-order valence-corrected chi connectivity index (χ4v) is 2.26. The smallest absolute Gasteiger partial charge is 0.239 e. The van der Waals surface area contributed by atoms with E-state index in [2.05, 4.69) is 29.8 Å². The first-order chi connectivity index (χ1) is 8.41. The Hall–Kier alpha value is -0.580. The Bertz CT molecular complexity index is 412. The molecule has 0 heterocycles. The second-order valence-corrected chi connectivity index (χ2v) is 5.88. The van der Waals surface area contributed by atoms with Crippen molar-refractivity contribution in [3.8, 4) is 0 Å². The molecule has 0 aliphatic rings. The van der Waals surface area contributed by atoms with Crippen LogP contribution in [0.15, 0.2) is 28.7 Å². The summed E-state index contributed by atoms with van der Waals surface area (Å²) in [6, 6.07) is 7.49. The van der Waals surface area contributed by atoms with Gasteiger partial charge in [-0.25, -0.2) is 0 Å². The molecule has 0 spiro atoms. The van der Waals surface area contributed by atoms with Gasteiger partial charge in [0.15, 0.2) is 0 Å². The van der Waals surface area contributed by atoms with Crippen LogP contribution in [0.1, 0.15) is 25.8 Å². The highest BCUT2D eigenvalue weighted by molar-refractivity contribution is 9.10. The molecule has 0 aromatic heterocycles. The van der Waals surface area contributed by atoms with Gasteiger partial charge in [-0.15, -0.1) is 12.4 Å². The number of nitrogens with zero attached hydrogens (tertiary/aromatic N) is 1. The van der Waals surface area contributed by atoms with Crippen LogP contribution in [0, 0.1) is 5.92 Å². The minimum absolute atomic E-state index is 0. The first-order valence-corrected chi connectivity index (χ1v) is 6.95. The van der Waals surface area contributed by atoms with Gasteiger partial charge in [0, 0.05) is 18.1 Å². The van der Waals surface area contributed by atoms with Crippen molar-refractivity contribution in [1.29, 1.82) is 0 Å². The Labute approximate surface area is 130 Å². The summed E-state index contributed by atoms with van der Waals surface area (Å²) in [6.45, 7) is 4.72. The molecule has 3 nitrogen and oxygen atoms in total. The van der Waals surface area contributed by atoms with Gasteiger partial charge < -0.3 is 10.6 Å². The summed E-state index contributed by atoms with van der Waals surface area (Å²) in [5.41, 5.74) is 7.00. The molecule has 0 radical (unpaired) electrons. The first kappa shape index (κ1) is 18.4. The molecule has 1 atom stereocenters. The summed E-state index contributed by atoms with van der Waals surface area (Å²) in [4.78, 5) is 13.8. The van der Waals surface area contributed by atoms with Gasteiger partial charge in [-0.2, -0.15) is 0 Å². The number of hydrogen-bond donors (Lipinski definition) is 1. The van der Waals surface area contributed by atoms with Gasteiger partial charge in [0.2, 0.25) is 5.91 Å². The van der Waals surface area contributed by atoms with Gasteiger partial charge in [0.25, 0.3) is 0 Å².